The smallest absolute Gasteiger partial charge is 0 e. The maximum absolute atomic E-state index is 12.6. The molecule has 154 valence electrons. The third kappa shape index (κ3) is 6.81. The zero-order valence-corrected chi connectivity index (χ0v) is 17.1. The summed E-state index contributed by atoms with van der Waals surface area (Å²) in [6.45, 7) is 13.5. The van der Waals surface area contributed by atoms with Crippen LogP contribution in [0.5, 0.6) is 0 Å². The van der Waals surface area contributed by atoms with Crippen molar-refractivity contribution in [3.8, 4) is 0 Å². The molecule has 31 heavy (non-hydrogen) atoms. The zero-order chi connectivity index (χ0) is 22.4. The van der Waals surface area contributed by atoms with Gasteiger partial charge in [0.1, 0.15) is 11.7 Å². The number of hydrogen-bond acceptors (Lipinski definition) is 2. The van der Waals surface area contributed by atoms with E-state index in [-0.39, 0.29) is 22.7 Å². The second-order valence-electron chi connectivity index (χ2n) is 5.57. The molecule has 3 aromatic carbocycles. The van der Waals surface area contributed by atoms with Gasteiger partial charge in [0.15, 0.2) is 0 Å². The maximum atomic E-state index is 12.6. The molecule has 2 radical (unpaired) electrons. The molecule has 1 aliphatic rings. The number of benzene rings is 3. The average molecular weight is 454 g/mol. The van der Waals surface area contributed by atoms with E-state index in [2.05, 4.69) is 20.0 Å². The van der Waals surface area contributed by atoms with Gasteiger partial charge in [0.05, 0.1) is 0 Å². The minimum Gasteiger partial charge on any atom is 0 e. The predicted octanol–water partition coefficient (Wildman–Crippen LogP) is 4.62. The van der Waals surface area contributed by atoms with Crippen LogP contribution in [0.2, 0.25) is 0 Å². The molecule has 1 heterocycles. The van der Waals surface area contributed by atoms with Crippen LogP contribution in [0.25, 0.3) is 11.3 Å². The van der Waals surface area contributed by atoms with Gasteiger partial charge in [0.25, 0.3) is 0 Å². The van der Waals surface area contributed by atoms with Crippen molar-refractivity contribution in [2.75, 3.05) is 0 Å². The molecule has 0 saturated carbocycles. The molecule has 0 unspecified atom stereocenters. The molecule has 0 bridgehead atoms. The van der Waals surface area contributed by atoms with Crippen LogP contribution in [0.4, 0.5) is 0 Å². The molecule has 0 fully saturated rings. The van der Waals surface area contributed by atoms with E-state index in [4.69, 9.17) is 18.7 Å². The van der Waals surface area contributed by atoms with E-state index in [1.807, 2.05) is 91.0 Å². The summed E-state index contributed by atoms with van der Waals surface area (Å²) in [5, 5.41) is 0. The van der Waals surface area contributed by atoms with Gasteiger partial charge in [-0.15, -0.1) is 0 Å². The van der Waals surface area contributed by atoms with Crippen LogP contribution in [-0.4, -0.2) is 5.97 Å². The number of rotatable bonds is 3. The number of hydrogen-bond donors (Lipinski definition) is 0. The Morgan fingerprint density at radius 1 is 0.548 bits per heavy atom. The Morgan fingerprint density at radius 3 is 1.32 bits per heavy atom. The summed E-state index contributed by atoms with van der Waals surface area (Å²) in [6, 6.07) is 29.3. The van der Waals surface area contributed by atoms with Gasteiger partial charge in [0.2, 0.25) is 0 Å². The van der Waals surface area contributed by atoms with Gasteiger partial charge in [0, 0.05) is 27.9 Å². The van der Waals surface area contributed by atoms with Gasteiger partial charge in [-0.1, -0.05) is 91.0 Å². The first-order chi connectivity index (χ1) is 14.8. The summed E-state index contributed by atoms with van der Waals surface area (Å²) < 4.78 is 28.2. The molecule has 0 atom stereocenters. The number of ether oxygens (including phenoxy) is 1. The summed E-state index contributed by atoms with van der Waals surface area (Å²) in [4.78, 5) is 12.6. The molecule has 1 aliphatic heterocycles. The fraction of sp³-hybridized carbons (Fsp3) is 0. The number of cyclic esters (lactones) is 1. The molecule has 3 aromatic rings. The maximum Gasteiger partial charge on any atom is 0 e. The summed E-state index contributed by atoms with van der Waals surface area (Å²) in [5.74, 6) is 0.921. The molecule has 0 aromatic heterocycles. The van der Waals surface area contributed by atoms with Crippen molar-refractivity contribution in [3.05, 3.63) is 134 Å². The molecule has 0 amide bonds. The molecule has 0 aliphatic carbocycles. The van der Waals surface area contributed by atoms with E-state index in [0.717, 1.165) is 22.3 Å². The number of carbonyl (C=O) groups is 1. The molecular formula is C25H15CoO5. The Kier molecular flexibility index (Phi) is 13.7. The average Bonchev–Trinajstić information content (AvgIpc) is 3.21. The second kappa shape index (κ2) is 15.4. The Hall–Kier alpha value is -3.40. The first-order valence-electron chi connectivity index (χ1n) is 8.46. The molecule has 0 saturated heterocycles. The summed E-state index contributed by atoms with van der Waals surface area (Å²) >= 11 is 0. The number of esters is 1. The van der Waals surface area contributed by atoms with E-state index in [9.17, 15) is 4.79 Å². The van der Waals surface area contributed by atoms with Gasteiger partial charge in [-0.2, -0.15) is 0 Å². The van der Waals surface area contributed by atoms with Crippen molar-refractivity contribution in [1.29, 1.82) is 0 Å². The van der Waals surface area contributed by atoms with E-state index in [0.29, 0.717) is 11.7 Å². The van der Waals surface area contributed by atoms with Gasteiger partial charge in [-0.3, -0.25) is 4.79 Å². The molecule has 0 N–H and O–H groups in total. The van der Waals surface area contributed by atoms with Gasteiger partial charge < -0.3 is 4.74 Å². The van der Waals surface area contributed by atoms with E-state index < -0.39 is 0 Å². The normalized spacial score (nSPS) is 11.6. The SMILES string of the molecule is O=C1OC(c2ccccc2)=C(c2ccccc2)[C]1c1ccccc1.[C-]#[O+].[C-]#[O+].[C-]#[O+].[Co]. The summed E-state index contributed by atoms with van der Waals surface area (Å²) in [7, 11) is 0. The molecule has 4 rings (SSSR count). The molecule has 6 heteroatoms. The monoisotopic (exact) mass is 454 g/mol. The van der Waals surface area contributed by atoms with Crippen molar-refractivity contribution in [1.82, 2.24) is 0 Å². The third-order valence-corrected chi connectivity index (χ3v) is 4.04. The second-order valence-corrected chi connectivity index (χ2v) is 5.57. The molecule has 0 spiro atoms. The fourth-order valence-electron chi connectivity index (χ4n) is 2.95. The first kappa shape index (κ1) is 27.6. The van der Waals surface area contributed by atoms with E-state index >= 15 is 0 Å². The van der Waals surface area contributed by atoms with Crippen LogP contribution in [0.15, 0.2) is 91.0 Å². The van der Waals surface area contributed by atoms with Crippen molar-refractivity contribution in [3.63, 3.8) is 0 Å². The minimum atomic E-state index is -0.307. The van der Waals surface area contributed by atoms with Crippen LogP contribution in [0.1, 0.15) is 16.7 Å². The van der Waals surface area contributed by atoms with Crippen LogP contribution < -0.4 is 0 Å². The summed E-state index contributed by atoms with van der Waals surface area (Å²) in [5.41, 5.74) is 3.59. The Bertz CT molecular complexity index is 1010. The van der Waals surface area contributed by atoms with E-state index in [1.165, 1.54) is 0 Å². The van der Waals surface area contributed by atoms with Gasteiger partial charge in [-0.05, 0) is 11.1 Å². The fourth-order valence-corrected chi connectivity index (χ4v) is 2.95. The Labute approximate surface area is 191 Å². The van der Waals surface area contributed by atoms with Crippen molar-refractivity contribution in [2.45, 2.75) is 0 Å². The zero-order valence-electron chi connectivity index (χ0n) is 16.0. The minimum absolute atomic E-state index is 0. The molecular weight excluding hydrogens is 439 g/mol. The Morgan fingerprint density at radius 2 is 0.903 bits per heavy atom. The Balaban J connectivity index is 0.00000119. The predicted molar refractivity (Wildman–Crippen MR) is 106 cm³/mol. The van der Waals surface area contributed by atoms with Crippen LogP contribution in [0, 0.1) is 25.9 Å². The number of carbonyl (C=O) groups excluding carboxylic acids is 1. The van der Waals surface area contributed by atoms with Gasteiger partial charge >= 0.3 is 39.9 Å². The molecule has 5 nitrogen and oxygen atoms in total. The standard InChI is InChI=1S/C22H15O2.3CO.Co/c23-22-20(17-12-6-2-7-13-17)19(16-10-4-1-5-11-16)21(24-22)18-14-8-3-9-15-18;3*1-2;/h1-15H;;;;. The van der Waals surface area contributed by atoms with Gasteiger partial charge in [-0.25, -0.2) is 0 Å². The van der Waals surface area contributed by atoms with Crippen LogP contribution in [-0.2, 0) is 40.3 Å². The van der Waals surface area contributed by atoms with Crippen LogP contribution >= 0.6 is 0 Å². The van der Waals surface area contributed by atoms with E-state index in [1.54, 1.807) is 0 Å². The largest absolute Gasteiger partial charge is 0 e. The van der Waals surface area contributed by atoms with Crippen molar-refractivity contribution < 1.29 is 40.3 Å². The topological polar surface area (TPSA) is 86.0 Å². The summed E-state index contributed by atoms with van der Waals surface area (Å²) in [6.07, 6.45) is 0. The van der Waals surface area contributed by atoms with Crippen LogP contribution in [0.3, 0.4) is 0 Å². The quantitative estimate of drug-likeness (QED) is 0.329. The van der Waals surface area contributed by atoms with Crippen molar-refractivity contribution >= 4 is 17.3 Å². The van der Waals surface area contributed by atoms with Crippen molar-refractivity contribution in [2.24, 2.45) is 0 Å². The third-order valence-electron chi connectivity index (χ3n) is 4.04. The first-order valence-corrected chi connectivity index (χ1v) is 8.46.